The number of anilines is 1. The van der Waals surface area contributed by atoms with Gasteiger partial charge in [0.05, 0.1) is 33.6 Å². The Labute approximate surface area is 168 Å². The molecule has 10 nitrogen and oxygen atoms in total. The number of methoxy groups -OCH3 is 3. The predicted molar refractivity (Wildman–Crippen MR) is 105 cm³/mol. The molecule has 0 radical (unpaired) electrons. The Hall–Kier alpha value is -3.18. The van der Waals surface area contributed by atoms with Crippen LogP contribution in [0.25, 0.3) is 0 Å². The average Bonchev–Trinajstić information content (AvgIpc) is 2.67. The summed E-state index contributed by atoms with van der Waals surface area (Å²) in [7, 11) is 0.237. The predicted octanol–water partition coefficient (Wildman–Crippen LogP) is 1.84. The van der Waals surface area contributed by atoms with Crippen LogP contribution in [0.1, 0.15) is 11.1 Å². The van der Waals surface area contributed by atoms with Crippen LogP contribution in [0.5, 0.6) is 23.0 Å². The largest absolute Gasteiger partial charge is 0.497 e. The van der Waals surface area contributed by atoms with Gasteiger partial charge in [-0.05, 0) is 29.8 Å². The molecule has 0 aromatic heterocycles. The molecule has 0 spiro atoms. The van der Waals surface area contributed by atoms with Crippen LogP contribution >= 0.6 is 0 Å². The molecule has 1 aliphatic heterocycles. The van der Waals surface area contributed by atoms with Crippen LogP contribution in [0.3, 0.4) is 0 Å². The van der Waals surface area contributed by atoms with Crippen molar-refractivity contribution in [3.05, 3.63) is 41.5 Å². The molecule has 3 N–H and O–H groups in total. The van der Waals surface area contributed by atoms with Gasteiger partial charge in [-0.2, -0.15) is 13.6 Å². The van der Waals surface area contributed by atoms with Gasteiger partial charge in [-0.3, -0.25) is 0 Å². The zero-order valence-electron chi connectivity index (χ0n) is 16.1. The van der Waals surface area contributed by atoms with Crippen molar-refractivity contribution < 1.29 is 31.6 Å². The Morgan fingerprint density at radius 2 is 1.76 bits per heavy atom. The van der Waals surface area contributed by atoms with E-state index in [9.17, 15) is 13.2 Å². The second-order valence-electron chi connectivity index (χ2n) is 6.20. The van der Waals surface area contributed by atoms with E-state index in [1.54, 1.807) is 43.4 Å². The lowest BCUT2D eigenvalue weighted by Crippen LogP contribution is -2.38. The summed E-state index contributed by atoms with van der Waals surface area (Å²) in [6, 6.07) is 7.92. The van der Waals surface area contributed by atoms with E-state index in [-0.39, 0.29) is 30.6 Å². The van der Waals surface area contributed by atoms with Gasteiger partial charge in [0, 0.05) is 18.2 Å². The number of hydrogen-bond donors (Lipinski definition) is 2. The number of ether oxygens (including phenoxy) is 3. The van der Waals surface area contributed by atoms with Crippen LogP contribution in [0, 0.1) is 0 Å². The third-order valence-electron chi connectivity index (χ3n) is 4.33. The molecule has 0 saturated heterocycles. The fourth-order valence-corrected chi connectivity index (χ4v) is 3.39. The maximum absolute atomic E-state index is 12.6. The van der Waals surface area contributed by atoms with Gasteiger partial charge >= 0.3 is 16.3 Å². The summed E-state index contributed by atoms with van der Waals surface area (Å²) >= 11 is 0. The molecule has 156 valence electrons. The molecule has 2 amide bonds. The van der Waals surface area contributed by atoms with Crippen molar-refractivity contribution in [2.75, 3.05) is 26.6 Å². The Morgan fingerprint density at radius 3 is 2.38 bits per heavy atom. The van der Waals surface area contributed by atoms with Gasteiger partial charge in [0.2, 0.25) is 0 Å². The summed E-state index contributed by atoms with van der Waals surface area (Å²) < 4.78 is 43.0. The monoisotopic (exact) mass is 423 g/mol. The lowest BCUT2D eigenvalue weighted by atomic mass is 10.1. The highest BCUT2D eigenvalue weighted by atomic mass is 32.2. The highest BCUT2D eigenvalue weighted by molar-refractivity contribution is 7.84. The Kier molecular flexibility index (Phi) is 5.71. The normalized spacial score (nSPS) is 13.4. The number of benzene rings is 2. The summed E-state index contributed by atoms with van der Waals surface area (Å²) in [5.41, 5.74) is 1.89. The second kappa shape index (κ2) is 8.05. The first-order chi connectivity index (χ1) is 13.7. The highest BCUT2D eigenvalue weighted by Gasteiger charge is 2.26. The summed E-state index contributed by atoms with van der Waals surface area (Å²) in [6.45, 7) is 0.525. The van der Waals surface area contributed by atoms with Gasteiger partial charge < -0.3 is 28.6 Å². The summed E-state index contributed by atoms with van der Waals surface area (Å²) in [5.74, 6) is 1.33. The minimum absolute atomic E-state index is 0.114. The number of fused-ring (bicyclic) bond motifs is 1. The zero-order chi connectivity index (χ0) is 21.2. The van der Waals surface area contributed by atoms with Crippen LogP contribution in [-0.4, -0.2) is 40.7 Å². The van der Waals surface area contributed by atoms with Crippen LogP contribution in [0.2, 0.25) is 0 Å². The topological polar surface area (TPSA) is 129 Å². The molecular weight excluding hydrogens is 402 g/mol. The van der Waals surface area contributed by atoms with Gasteiger partial charge in [0.25, 0.3) is 0 Å². The summed E-state index contributed by atoms with van der Waals surface area (Å²) in [4.78, 5) is 14.2. The average molecular weight is 423 g/mol. The van der Waals surface area contributed by atoms with E-state index in [0.29, 0.717) is 22.7 Å². The molecule has 0 fully saturated rings. The summed E-state index contributed by atoms with van der Waals surface area (Å²) in [5, 5.41) is 7.65. The number of nitrogens with zero attached hydrogens (tertiary/aromatic N) is 1. The van der Waals surface area contributed by atoms with Crippen molar-refractivity contribution >= 4 is 22.0 Å². The van der Waals surface area contributed by atoms with Crippen LogP contribution < -0.4 is 28.8 Å². The fourth-order valence-electron chi connectivity index (χ4n) is 3.01. The van der Waals surface area contributed by atoms with Gasteiger partial charge in [0.15, 0.2) is 11.5 Å². The van der Waals surface area contributed by atoms with Crippen LogP contribution in [0.4, 0.5) is 10.5 Å². The molecule has 29 heavy (non-hydrogen) atoms. The van der Waals surface area contributed by atoms with Crippen molar-refractivity contribution in [1.82, 2.24) is 4.90 Å². The third kappa shape index (κ3) is 4.63. The van der Waals surface area contributed by atoms with Crippen LogP contribution in [-0.2, 0) is 23.4 Å². The second-order valence-corrected chi connectivity index (χ2v) is 7.35. The lowest BCUT2D eigenvalue weighted by Gasteiger charge is -2.30. The van der Waals surface area contributed by atoms with E-state index in [0.717, 1.165) is 5.56 Å². The molecule has 1 heterocycles. The first kappa shape index (κ1) is 20.6. The number of carbonyl (C=O) groups excluding carboxylic acids is 1. The molecule has 1 aliphatic rings. The number of amides is 2. The quantitative estimate of drug-likeness (QED) is 0.695. The summed E-state index contributed by atoms with van der Waals surface area (Å²) in [6.07, 6.45) is 0. The Balaban J connectivity index is 1.90. The van der Waals surface area contributed by atoms with Gasteiger partial charge in [-0.15, -0.1) is 0 Å². The molecule has 11 heteroatoms. The van der Waals surface area contributed by atoms with Gasteiger partial charge in [-0.1, -0.05) is 0 Å². The minimum atomic E-state index is -4.24. The molecule has 3 rings (SSSR count). The number of nitrogens with one attached hydrogen (secondary N) is 1. The number of nitrogens with two attached hydrogens (primary N) is 1. The zero-order valence-corrected chi connectivity index (χ0v) is 16.9. The maximum atomic E-state index is 12.6. The minimum Gasteiger partial charge on any atom is -0.497 e. The maximum Gasteiger partial charge on any atom is 0.380 e. The van der Waals surface area contributed by atoms with Crippen molar-refractivity contribution in [3.8, 4) is 23.0 Å². The number of carbonyl (C=O) groups is 1. The lowest BCUT2D eigenvalue weighted by molar-refractivity contribution is 0.203. The molecule has 0 atom stereocenters. The highest BCUT2D eigenvalue weighted by Crippen LogP contribution is 2.37. The number of rotatable bonds is 7. The number of hydrogen-bond acceptors (Lipinski definition) is 7. The van der Waals surface area contributed by atoms with E-state index in [4.69, 9.17) is 23.5 Å². The van der Waals surface area contributed by atoms with E-state index >= 15 is 0 Å². The van der Waals surface area contributed by atoms with Gasteiger partial charge in [0.1, 0.15) is 11.5 Å². The van der Waals surface area contributed by atoms with Crippen molar-refractivity contribution in [3.63, 3.8) is 0 Å². The van der Waals surface area contributed by atoms with Gasteiger partial charge in [-0.25, -0.2) is 4.79 Å². The molecule has 0 bridgehead atoms. The van der Waals surface area contributed by atoms with Crippen LogP contribution in [0.15, 0.2) is 30.3 Å². The SMILES string of the molecule is COc1ccc(OC)c(CN2Cc3cc(OC)c(OS(N)(=O)=O)cc3NC2=O)c1. The first-order valence-electron chi connectivity index (χ1n) is 8.44. The van der Waals surface area contributed by atoms with Crippen molar-refractivity contribution in [2.45, 2.75) is 13.1 Å². The molecule has 0 aliphatic carbocycles. The molecule has 2 aromatic carbocycles. The van der Waals surface area contributed by atoms with E-state index in [1.807, 2.05) is 0 Å². The van der Waals surface area contributed by atoms with E-state index in [2.05, 4.69) is 5.32 Å². The van der Waals surface area contributed by atoms with E-state index in [1.165, 1.54) is 13.2 Å². The number of urea groups is 1. The van der Waals surface area contributed by atoms with E-state index < -0.39 is 10.3 Å². The Morgan fingerprint density at radius 1 is 1.03 bits per heavy atom. The molecule has 0 unspecified atom stereocenters. The molecule has 0 saturated carbocycles. The third-order valence-corrected chi connectivity index (χ3v) is 4.75. The van der Waals surface area contributed by atoms with Crippen molar-refractivity contribution in [2.24, 2.45) is 5.14 Å². The standard InChI is InChI=1S/C18H21N3O7S/c1-25-13-4-5-15(26-2)12(6-13)10-21-9-11-7-16(27-3)17(28-29(19,23)24)8-14(11)20-18(21)22/h4-8H,9-10H2,1-3H3,(H,20,22)(H2,19,23,24). The molecule has 2 aromatic rings. The smallest absolute Gasteiger partial charge is 0.380 e. The van der Waals surface area contributed by atoms with Crippen molar-refractivity contribution in [1.29, 1.82) is 0 Å². The Bertz CT molecular complexity index is 1040. The first-order valence-corrected chi connectivity index (χ1v) is 9.91. The molecular formula is C18H21N3O7S. The fraction of sp³-hybridized carbons (Fsp3) is 0.278.